The lowest BCUT2D eigenvalue weighted by Gasteiger charge is -2.23. The molecule has 2 N–H and O–H groups in total. The number of rotatable bonds is 5. The molecule has 6 heteroatoms. The lowest BCUT2D eigenvalue weighted by molar-refractivity contribution is 0.380. The van der Waals surface area contributed by atoms with Gasteiger partial charge in [-0.3, -0.25) is 0 Å². The van der Waals surface area contributed by atoms with Crippen LogP contribution < -0.4 is 5.73 Å². The van der Waals surface area contributed by atoms with Crippen molar-refractivity contribution >= 4 is 21.6 Å². The summed E-state index contributed by atoms with van der Waals surface area (Å²) < 4.78 is 26.1. The van der Waals surface area contributed by atoms with E-state index in [1.54, 1.807) is 19.2 Å². The highest BCUT2D eigenvalue weighted by atomic mass is 35.5. The van der Waals surface area contributed by atoms with Gasteiger partial charge in [-0.1, -0.05) is 24.6 Å². The molecule has 1 rings (SSSR count). The predicted molar refractivity (Wildman–Crippen MR) is 74.0 cm³/mol. The number of benzene rings is 1. The van der Waals surface area contributed by atoms with Gasteiger partial charge in [0.05, 0.1) is 5.02 Å². The summed E-state index contributed by atoms with van der Waals surface area (Å²) in [6, 6.07) is 4.72. The molecule has 4 nitrogen and oxygen atoms in total. The summed E-state index contributed by atoms with van der Waals surface area (Å²) in [4.78, 5) is 0.129. The zero-order chi connectivity index (χ0) is 13.9. The van der Waals surface area contributed by atoms with Crippen LogP contribution in [0.25, 0.3) is 0 Å². The number of nitrogens with two attached hydrogens (primary N) is 1. The van der Waals surface area contributed by atoms with Crippen molar-refractivity contribution in [2.45, 2.75) is 37.8 Å². The Kier molecular flexibility index (Phi) is 5.16. The molecule has 0 spiro atoms. The Morgan fingerprint density at radius 3 is 2.50 bits per heavy atom. The number of sulfonamides is 1. The smallest absolute Gasteiger partial charge is 0.244 e. The maximum Gasteiger partial charge on any atom is 0.244 e. The number of nitrogens with zero attached hydrogens (tertiary/aromatic N) is 1. The maximum atomic E-state index is 12.4. The highest BCUT2D eigenvalue weighted by Crippen LogP contribution is 2.26. The molecule has 1 aromatic rings. The van der Waals surface area contributed by atoms with Crippen molar-refractivity contribution in [1.82, 2.24) is 4.31 Å². The minimum Gasteiger partial charge on any atom is -0.326 e. The Morgan fingerprint density at radius 1 is 1.44 bits per heavy atom. The fourth-order valence-corrected chi connectivity index (χ4v) is 3.50. The van der Waals surface area contributed by atoms with Crippen LogP contribution in [0.5, 0.6) is 0 Å². The van der Waals surface area contributed by atoms with E-state index in [2.05, 4.69) is 0 Å². The summed E-state index contributed by atoms with van der Waals surface area (Å²) in [5.74, 6) is 0. The van der Waals surface area contributed by atoms with Crippen molar-refractivity contribution in [3.63, 3.8) is 0 Å². The Hall–Kier alpha value is -0.620. The summed E-state index contributed by atoms with van der Waals surface area (Å²) in [5.41, 5.74) is 6.30. The third-order valence-corrected chi connectivity index (χ3v) is 5.56. The number of halogens is 1. The van der Waals surface area contributed by atoms with Crippen LogP contribution in [-0.2, 0) is 16.6 Å². The molecule has 0 aliphatic heterocycles. The third kappa shape index (κ3) is 3.03. The molecule has 0 fully saturated rings. The maximum absolute atomic E-state index is 12.4. The van der Waals surface area contributed by atoms with Gasteiger partial charge in [0.1, 0.15) is 4.90 Å². The molecule has 0 bridgehead atoms. The minimum atomic E-state index is -3.55. The first-order valence-electron chi connectivity index (χ1n) is 5.81. The molecule has 0 aliphatic carbocycles. The lowest BCUT2D eigenvalue weighted by Crippen LogP contribution is -2.34. The molecular formula is C12H19ClN2O2S. The first-order chi connectivity index (χ1) is 8.34. The number of hydrogen-bond donors (Lipinski definition) is 1. The average molecular weight is 291 g/mol. The lowest BCUT2D eigenvalue weighted by atomic mass is 10.2. The molecule has 0 heterocycles. The fraction of sp³-hybridized carbons (Fsp3) is 0.500. The van der Waals surface area contributed by atoms with Gasteiger partial charge >= 0.3 is 0 Å². The summed E-state index contributed by atoms with van der Waals surface area (Å²) in [5, 5.41) is 0.216. The second-order valence-electron chi connectivity index (χ2n) is 4.25. The van der Waals surface area contributed by atoms with Crippen LogP contribution in [0.2, 0.25) is 5.02 Å². The van der Waals surface area contributed by atoms with Gasteiger partial charge in [0.15, 0.2) is 0 Å². The van der Waals surface area contributed by atoms with E-state index in [1.807, 2.05) is 13.8 Å². The highest BCUT2D eigenvalue weighted by Gasteiger charge is 2.26. The summed E-state index contributed by atoms with van der Waals surface area (Å²) in [6.45, 7) is 4.14. The molecular weight excluding hydrogens is 272 g/mol. The van der Waals surface area contributed by atoms with Crippen molar-refractivity contribution in [2.24, 2.45) is 5.73 Å². The topological polar surface area (TPSA) is 63.4 Å². The molecule has 1 aromatic carbocycles. The van der Waals surface area contributed by atoms with E-state index in [4.69, 9.17) is 17.3 Å². The van der Waals surface area contributed by atoms with Crippen LogP contribution in [-0.4, -0.2) is 25.8 Å². The molecule has 18 heavy (non-hydrogen) atoms. The van der Waals surface area contributed by atoms with Crippen LogP contribution in [0.4, 0.5) is 0 Å². The molecule has 0 radical (unpaired) electrons. The van der Waals surface area contributed by atoms with Crippen LogP contribution in [0.15, 0.2) is 23.1 Å². The Balaban J connectivity index is 3.21. The molecule has 0 saturated carbocycles. The van der Waals surface area contributed by atoms with E-state index in [1.165, 1.54) is 10.4 Å². The van der Waals surface area contributed by atoms with Crippen molar-refractivity contribution in [2.75, 3.05) is 7.05 Å². The van der Waals surface area contributed by atoms with Gasteiger partial charge in [-0.25, -0.2) is 8.42 Å². The Bertz CT molecular complexity index is 517. The quantitative estimate of drug-likeness (QED) is 0.904. The van der Waals surface area contributed by atoms with E-state index in [0.29, 0.717) is 6.54 Å². The van der Waals surface area contributed by atoms with Gasteiger partial charge in [0, 0.05) is 19.6 Å². The van der Waals surface area contributed by atoms with Gasteiger partial charge in [0.2, 0.25) is 10.0 Å². The fourth-order valence-electron chi connectivity index (χ4n) is 1.53. The van der Waals surface area contributed by atoms with Crippen molar-refractivity contribution < 1.29 is 8.42 Å². The Morgan fingerprint density at radius 2 is 2.06 bits per heavy atom. The van der Waals surface area contributed by atoms with Gasteiger partial charge in [0.25, 0.3) is 0 Å². The third-order valence-electron chi connectivity index (χ3n) is 3.10. The largest absolute Gasteiger partial charge is 0.326 e. The molecule has 0 amide bonds. The monoisotopic (exact) mass is 290 g/mol. The standard InChI is InChI=1S/C12H19ClN2O2S/c1-4-9(2)15(3)18(16,17)12-6-5-10(8-14)7-11(12)13/h5-7,9H,4,8,14H2,1-3H3. The second kappa shape index (κ2) is 6.02. The first-order valence-corrected chi connectivity index (χ1v) is 7.62. The second-order valence-corrected chi connectivity index (χ2v) is 6.62. The van der Waals surface area contributed by atoms with Gasteiger partial charge in [-0.15, -0.1) is 0 Å². The van der Waals surface area contributed by atoms with Crippen molar-refractivity contribution in [1.29, 1.82) is 0 Å². The Labute approximate surface area is 114 Å². The van der Waals surface area contributed by atoms with Gasteiger partial charge < -0.3 is 5.73 Å². The molecule has 1 unspecified atom stereocenters. The minimum absolute atomic E-state index is 0.0692. The van der Waals surface area contributed by atoms with E-state index in [-0.39, 0.29) is 16.0 Å². The molecule has 0 saturated heterocycles. The first kappa shape index (κ1) is 15.4. The molecule has 0 aliphatic rings. The SMILES string of the molecule is CCC(C)N(C)S(=O)(=O)c1ccc(CN)cc1Cl. The van der Waals surface area contributed by atoms with Crippen molar-refractivity contribution in [3.05, 3.63) is 28.8 Å². The van der Waals surface area contributed by atoms with E-state index >= 15 is 0 Å². The highest BCUT2D eigenvalue weighted by molar-refractivity contribution is 7.89. The zero-order valence-corrected chi connectivity index (χ0v) is 12.4. The molecule has 1 atom stereocenters. The van der Waals surface area contributed by atoms with E-state index in [9.17, 15) is 8.42 Å². The van der Waals surface area contributed by atoms with E-state index in [0.717, 1.165) is 12.0 Å². The summed E-state index contributed by atoms with van der Waals surface area (Å²) in [6.07, 6.45) is 0.744. The molecule has 0 aromatic heterocycles. The van der Waals surface area contributed by atoms with Gasteiger partial charge in [-0.2, -0.15) is 4.31 Å². The normalized spacial score (nSPS) is 13.9. The van der Waals surface area contributed by atoms with Crippen LogP contribution in [0, 0.1) is 0 Å². The predicted octanol–water partition coefficient (Wildman–Crippen LogP) is 2.22. The molecule has 102 valence electrons. The van der Waals surface area contributed by atoms with Crippen LogP contribution >= 0.6 is 11.6 Å². The zero-order valence-electron chi connectivity index (χ0n) is 10.9. The summed E-state index contributed by atoms with van der Waals surface area (Å²) >= 11 is 6.02. The van der Waals surface area contributed by atoms with Crippen LogP contribution in [0.3, 0.4) is 0 Å². The number of hydrogen-bond acceptors (Lipinski definition) is 3. The average Bonchev–Trinajstić information content (AvgIpc) is 2.36. The summed E-state index contributed by atoms with van der Waals surface area (Å²) in [7, 11) is -1.98. The van der Waals surface area contributed by atoms with Crippen LogP contribution in [0.1, 0.15) is 25.8 Å². The van der Waals surface area contributed by atoms with E-state index < -0.39 is 10.0 Å². The van der Waals surface area contributed by atoms with Crippen molar-refractivity contribution in [3.8, 4) is 0 Å². The van der Waals surface area contributed by atoms with Gasteiger partial charge in [-0.05, 0) is 31.0 Å².